The van der Waals surface area contributed by atoms with Crippen LogP contribution in [0.2, 0.25) is 10.0 Å². The number of carbonyl (C=O) groups is 1. The van der Waals surface area contributed by atoms with Crippen LogP contribution in [-0.4, -0.2) is 36.7 Å². The lowest BCUT2D eigenvalue weighted by atomic mass is 10.2. The van der Waals surface area contributed by atoms with Gasteiger partial charge in [0.1, 0.15) is 11.9 Å². The van der Waals surface area contributed by atoms with Crippen LogP contribution in [0.25, 0.3) is 10.9 Å². The van der Waals surface area contributed by atoms with Gasteiger partial charge in [0.05, 0.1) is 21.7 Å². The van der Waals surface area contributed by atoms with E-state index in [1.807, 2.05) is 23.1 Å². The molecule has 7 heteroatoms. The van der Waals surface area contributed by atoms with Gasteiger partial charge in [0.2, 0.25) is 5.91 Å². The number of halogens is 2. The van der Waals surface area contributed by atoms with Gasteiger partial charge in [-0.05, 0) is 18.2 Å². The van der Waals surface area contributed by atoms with E-state index in [9.17, 15) is 4.79 Å². The van der Waals surface area contributed by atoms with Gasteiger partial charge in [-0.2, -0.15) is 0 Å². The zero-order valence-corrected chi connectivity index (χ0v) is 13.4. The van der Waals surface area contributed by atoms with E-state index in [1.165, 1.54) is 0 Å². The van der Waals surface area contributed by atoms with E-state index in [4.69, 9.17) is 33.7 Å². The number of amides is 1. The Balaban J connectivity index is 2.05. The Hall–Kier alpha value is -1.56. The molecule has 116 valence electrons. The highest BCUT2D eigenvalue weighted by atomic mass is 35.5. The molecule has 1 aromatic carbocycles. The normalized spacial score (nSPS) is 21.5. The molecule has 1 aliphatic heterocycles. The number of hydrogen-bond acceptors (Lipinski definition) is 4. The average Bonchev–Trinajstić information content (AvgIpc) is 2.95. The SMILES string of the molecule is CO[C@H]1C[C@@H](C(N)=O)N(c2ccc3ccc(Cl)c(Cl)c3n2)C1. The van der Waals surface area contributed by atoms with Crippen LogP contribution in [0.3, 0.4) is 0 Å². The summed E-state index contributed by atoms with van der Waals surface area (Å²) in [5, 5.41) is 1.73. The van der Waals surface area contributed by atoms with E-state index in [0.717, 1.165) is 5.39 Å². The molecule has 2 atom stereocenters. The van der Waals surface area contributed by atoms with Crippen molar-refractivity contribution in [1.29, 1.82) is 0 Å². The van der Waals surface area contributed by atoms with E-state index in [0.29, 0.717) is 34.3 Å². The lowest BCUT2D eigenvalue weighted by Crippen LogP contribution is -2.40. The predicted molar refractivity (Wildman–Crippen MR) is 87.5 cm³/mol. The first-order valence-corrected chi connectivity index (χ1v) is 7.60. The summed E-state index contributed by atoms with van der Waals surface area (Å²) in [6.45, 7) is 0.556. The van der Waals surface area contributed by atoms with Gasteiger partial charge in [-0.15, -0.1) is 0 Å². The Morgan fingerprint density at radius 2 is 2.09 bits per heavy atom. The molecule has 2 aromatic rings. The number of ether oxygens (including phenoxy) is 1. The second kappa shape index (κ2) is 5.91. The zero-order valence-electron chi connectivity index (χ0n) is 11.9. The third kappa shape index (κ3) is 2.60. The third-order valence-electron chi connectivity index (χ3n) is 3.96. The van der Waals surface area contributed by atoms with Crippen molar-refractivity contribution in [3.8, 4) is 0 Å². The van der Waals surface area contributed by atoms with Gasteiger partial charge in [-0.1, -0.05) is 29.3 Å². The van der Waals surface area contributed by atoms with Crippen LogP contribution in [0.1, 0.15) is 6.42 Å². The fourth-order valence-corrected chi connectivity index (χ4v) is 3.14. The Morgan fingerprint density at radius 1 is 1.36 bits per heavy atom. The molecule has 1 aromatic heterocycles. The maximum absolute atomic E-state index is 11.7. The van der Waals surface area contributed by atoms with Crippen LogP contribution in [0.5, 0.6) is 0 Å². The van der Waals surface area contributed by atoms with Crippen LogP contribution in [-0.2, 0) is 9.53 Å². The summed E-state index contributed by atoms with van der Waals surface area (Å²) in [4.78, 5) is 18.1. The van der Waals surface area contributed by atoms with Gasteiger partial charge in [0, 0.05) is 25.5 Å². The summed E-state index contributed by atoms with van der Waals surface area (Å²) >= 11 is 12.3. The first kappa shape index (κ1) is 15.3. The van der Waals surface area contributed by atoms with Gasteiger partial charge >= 0.3 is 0 Å². The monoisotopic (exact) mass is 339 g/mol. The fraction of sp³-hybridized carbons (Fsp3) is 0.333. The molecule has 1 aliphatic rings. The molecule has 3 rings (SSSR count). The molecule has 1 fully saturated rings. The van der Waals surface area contributed by atoms with E-state index in [-0.39, 0.29) is 6.10 Å². The molecule has 1 amide bonds. The summed E-state index contributed by atoms with van der Waals surface area (Å²) in [6, 6.07) is 6.90. The van der Waals surface area contributed by atoms with Crippen LogP contribution in [0.4, 0.5) is 5.82 Å². The quantitative estimate of drug-likeness (QED) is 0.933. The van der Waals surface area contributed by atoms with Crippen molar-refractivity contribution >= 4 is 45.8 Å². The number of hydrogen-bond donors (Lipinski definition) is 1. The molecule has 5 nitrogen and oxygen atoms in total. The van der Waals surface area contributed by atoms with Gasteiger partial charge in [0.25, 0.3) is 0 Å². The zero-order chi connectivity index (χ0) is 15.9. The highest BCUT2D eigenvalue weighted by Gasteiger charge is 2.36. The van der Waals surface area contributed by atoms with Crippen LogP contribution in [0, 0.1) is 0 Å². The third-order valence-corrected chi connectivity index (χ3v) is 4.75. The lowest BCUT2D eigenvalue weighted by molar-refractivity contribution is -0.119. The molecule has 1 saturated heterocycles. The fourth-order valence-electron chi connectivity index (χ4n) is 2.77. The first-order chi connectivity index (χ1) is 10.5. The number of rotatable bonds is 3. The molecule has 0 aliphatic carbocycles. The van der Waals surface area contributed by atoms with Crippen molar-refractivity contribution in [3.05, 3.63) is 34.3 Å². The minimum atomic E-state index is -0.437. The lowest BCUT2D eigenvalue weighted by Gasteiger charge is -2.23. The number of nitrogens with zero attached hydrogens (tertiary/aromatic N) is 2. The number of carbonyl (C=O) groups excluding carboxylic acids is 1. The van der Waals surface area contributed by atoms with E-state index < -0.39 is 11.9 Å². The van der Waals surface area contributed by atoms with Crippen LogP contribution < -0.4 is 10.6 Å². The summed E-state index contributed by atoms with van der Waals surface area (Å²) in [5.74, 6) is 0.249. The number of benzene rings is 1. The van der Waals surface area contributed by atoms with Gasteiger partial charge < -0.3 is 15.4 Å². The van der Waals surface area contributed by atoms with Crippen molar-refractivity contribution < 1.29 is 9.53 Å². The second-order valence-corrected chi connectivity index (χ2v) is 6.05. The number of fused-ring (bicyclic) bond motifs is 1. The minimum Gasteiger partial charge on any atom is -0.380 e. The summed E-state index contributed by atoms with van der Waals surface area (Å²) in [5.41, 5.74) is 6.11. The topological polar surface area (TPSA) is 68.5 Å². The highest BCUT2D eigenvalue weighted by molar-refractivity contribution is 6.45. The van der Waals surface area contributed by atoms with E-state index in [1.54, 1.807) is 13.2 Å². The second-order valence-electron chi connectivity index (χ2n) is 5.27. The number of methoxy groups -OCH3 is 1. The molecule has 2 heterocycles. The van der Waals surface area contributed by atoms with Crippen molar-refractivity contribution in [3.63, 3.8) is 0 Å². The molecular weight excluding hydrogens is 325 g/mol. The van der Waals surface area contributed by atoms with Crippen LogP contribution in [0.15, 0.2) is 24.3 Å². The maximum atomic E-state index is 11.7. The summed E-state index contributed by atoms with van der Waals surface area (Å²) < 4.78 is 5.35. The molecular formula is C15H15Cl2N3O2. The molecule has 22 heavy (non-hydrogen) atoms. The van der Waals surface area contributed by atoms with Crippen molar-refractivity contribution in [2.45, 2.75) is 18.6 Å². The Bertz CT molecular complexity index is 738. The van der Waals surface area contributed by atoms with Crippen molar-refractivity contribution in [2.24, 2.45) is 5.73 Å². The number of nitrogens with two attached hydrogens (primary N) is 1. The Labute approximate surface area is 137 Å². The average molecular weight is 340 g/mol. The number of anilines is 1. The van der Waals surface area contributed by atoms with Crippen LogP contribution >= 0.6 is 23.2 Å². The number of pyridine rings is 1. The Kier molecular flexibility index (Phi) is 4.12. The van der Waals surface area contributed by atoms with E-state index in [2.05, 4.69) is 4.98 Å². The van der Waals surface area contributed by atoms with Gasteiger partial charge in [0.15, 0.2) is 0 Å². The largest absolute Gasteiger partial charge is 0.380 e. The molecule has 0 radical (unpaired) electrons. The molecule has 0 bridgehead atoms. The molecule has 0 saturated carbocycles. The van der Waals surface area contributed by atoms with E-state index >= 15 is 0 Å². The minimum absolute atomic E-state index is 0.0511. The molecule has 2 N–H and O–H groups in total. The summed E-state index contributed by atoms with van der Waals surface area (Å²) in [7, 11) is 1.62. The standard InChI is InChI=1S/C15H15Cl2N3O2/c1-22-9-6-11(15(18)21)20(7-9)12-5-3-8-2-4-10(16)13(17)14(8)19-12/h2-5,9,11H,6-7H2,1H3,(H2,18,21)/t9-,11-/m0/s1. The number of primary amides is 1. The summed E-state index contributed by atoms with van der Waals surface area (Å²) in [6.07, 6.45) is 0.499. The molecule has 0 unspecified atom stereocenters. The first-order valence-electron chi connectivity index (χ1n) is 6.84. The number of aromatic nitrogens is 1. The maximum Gasteiger partial charge on any atom is 0.240 e. The molecule has 0 spiro atoms. The Morgan fingerprint density at radius 3 is 2.77 bits per heavy atom. The van der Waals surface area contributed by atoms with Gasteiger partial charge in [-0.25, -0.2) is 4.98 Å². The predicted octanol–water partition coefficient (Wildman–Crippen LogP) is 2.62. The van der Waals surface area contributed by atoms with Crippen molar-refractivity contribution in [2.75, 3.05) is 18.6 Å². The highest BCUT2D eigenvalue weighted by Crippen LogP contribution is 2.32. The smallest absolute Gasteiger partial charge is 0.240 e. The van der Waals surface area contributed by atoms with Crippen molar-refractivity contribution in [1.82, 2.24) is 4.98 Å². The van der Waals surface area contributed by atoms with Gasteiger partial charge in [-0.3, -0.25) is 4.79 Å².